The highest BCUT2D eigenvalue weighted by Gasteiger charge is 2.31. The Kier molecular flexibility index (Phi) is 4.85. The zero-order valence-corrected chi connectivity index (χ0v) is 15.9. The average molecular weight is 439 g/mol. The standard InChI is InChI=1S/C19H13F4N3O3S/c20-15-10-12(14-2-1-7-26-8-9-30(27,28)25-18(14)26)3-4-16(15)29-17-11-13(5-6-24-17)19(21,22)23/h1-7,10-11H,8-9H2. The number of hydrogen-bond acceptors (Lipinski definition) is 5. The third kappa shape index (κ3) is 4.06. The van der Waals surface area contributed by atoms with E-state index in [2.05, 4.69) is 9.38 Å². The number of benzene rings is 1. The highest BCUT2D eigenvalue weighted by Crippen LogP contribution is 2.33. The van der Waals surface area contributed by atoms with Crippen LogP contribution in [0.25, 0.3) is 5.57 Å². The molecule has 6 nitrogen and oxygen atoms in total. The second kappa shape index (κ2) is 7.24. The molecule has 0 saturated carbocycles. The molecule has 2 aliphatic rings. The summed E-state index contributed by atoms with van der Waals surface area (Å²) in [5.74, 6) is -1.54. The van der Waals surface area contributed by atoms with E-state index in [1.54, 1.807) is 23.3 Å². The fourth-order valence-electron chi connectivity index (χ4n) is 2.95. The molecule has 3 heterocycles. The zero-order chi connectivity index (χ0) is 21.5. The van der Waals surface area contributed by atoms with Gasteiger partial charge in [-0.15, -0.1) is 4.40 Å². The van der Waals surface area contributed by atoms with Crippen LogP contribution >= 0.6 is 0 Å². The van der Waals surface area contributed by atoms with Crippen molar-refractivity contribution in [3.63, 3.8) is 0 Å². The minimum Gasteiger partial charge on any atom is -0.436 e. The first-order valence-electron chi connectivity index (χ1n) is 8.61. The number of allylic oxidation sites excluding steroid dienone is 2. The Morgan fingerprint density at radius 1 is 1.13 bits per heavy atom. The van der Waals surface area contributed by atoms with Gasteiger partial charge >= 0.3 is 6.18 Å². The first-order chi connectivity index (χ1) is 14.1. The van der Waals surface area contributed by atoms with Gasteiger partial charge in [-0.05, 0) is 35.9 Å². The summed E-state index contributed by atoms with van der Waals surface area (Å²) < 4.78 is 85.7. The van der Waals surface area contributed by atoms with Crippen molar-refractivity contribution in [2.24, 2.45) is 4.40 Å². The van der Waals surface area contributed by atoms with E-state index in [1.165, 1.54) is 12.1 Å². The molecule has 1 aromatic heterocycles. The molecule has 156 valence electrons. The molecular weight excluding hydrogens is 426 g/mol. The third-order valence-corrected chi connectivity index (χ3v) is 5.53. The smallest absolute Gasteiger partial charge is 0.416 e. The molecule has 1 aromatic carbocycles. The van der Waals surface area contributed by atoms with Crippen LogP contribution in [0.3, 0.4) is 0 Å². The van der Waals surface area contributed by atoms with Gasteiger partial charge in [-0.3, -0.25) is 0 Å². The number of ether oxygens (including phenoxy) is 1. The predicted octanol–water partition coefficient (Wildman–Crippen LogP) is 3.99. The maximum absolute atomic E-state index is 14.6. The maximum atomic E-state index is 14.6. The van der Waals surface area contributed by atoms with Gasteiger partial charge < -0.3 is 9.64 Å². The molecule has 0 atom stereocenters. The number of amidine groups is 1. The van der Waals surface area contributed by atoms with Crippen molar-refractivity contribution < 1.29 is 30.7 Å². The Labute approximate surface area is 168 Å². The van der Waals surface area contributed by atoms with E-state index in [-0.39, 0.29) is 23.9 Å². The molecule has 0 N–H and O–H groups in total. The number of sulfonamides is 1. The van der Waals surface area contributed by atoms with E-state index in [4.69, 9.17) is 4.74 Å². The van der Waals surface area contributed by atoms with E-state index in [0.29, 0.717) is 17.2 Å². The lowest BCUT2D eigenvalue weighted by molar-refractivity contribution is -0.137. The largest absolute Gasteiger partial charge is 0.436 e. The fourth-order valence-corrected chi connectivity index (χ4v) is 3.93. The molecule has 2 aliphatic heterocycles. The normalized spacial score (nSPS) is 17.8. The van der Waals surface area contributed by atoms with Crippen LogP contribution in [0, 0.1) is 5.82 Å². The highest BCUT2D eigenvalue weighted by molar-refractivity contribution is 7.90. The molecule has 0 aliphatic carbocycles. The van der Waals surface area contributed by atoms with Crippen LogP contribution in [0.1, 0.15) is 11.1 Å². The maximum Gasteiger partial charge on any atom is 0.416 e. The summed E-state index contributed by atoms with van der Waals surface area (Å²) in [6, 6.07) is 5.23. The monoisotopic (exact) mass is 439 g/mol. The first-order valence-corrected chi connectivity index (χ1v) is 10.2. The van der Waals surface area contributed by atoms with E-state index in [9.17, 15) is 26.0 Å². The van der Waals surface area contributed by atoms with Gasteiger partial charge in [0.1, 0.15) is 0 Å². The number of pyridine rings is 1. The van der Waals surface area contributed by atoms with E-state index in [0.717, 1.165) is 18.3 Å². The summed E-state index contributed by atoms with van der Waals surface area (Å²) in [6.07, 6.45) is 1.28. The molecule has 30 heavy (non-hydrogen) atoms. The molecular formula is C19H13F4N3O3S. The lowest BCUT2D eigenvalue weighted by Gasteiger charge is -2.29. The van der Waals surface area contributed by atoms with Crippen molar-refractivity contribution in [2.75, 3.05) is 12.3 Å². The number of halogens is 4. The van der Waals surface area contributed by atoms with Crippen molar-refractivity contribution >= 4 is 21.4 Å². The van der Waals surface area contributed by atoms with Crippen LogP contribution in [0.5, 0.6) is 11.6 Å². The van der Waals surface area contributed by atoms with Crippen LogP contribution in [-0.2, 0) is 16.2 Å². The Morgan fingerprint density at radius 3 is 2.67 bits per heavy atom. The lowest BCUT2D eigenvalue weighted by Crippen LogP contribution is -2.37. The number of nitrogens with zero attached hydrogens (tertiary/aromatic N) is 3. The predicted molar refractivity (Wildman–Crippen MR) is 101 cm³/mol. The summed E-state index contributed by atoms with van der Waals surface area (Å²) in [4.78, 5) is 5.31. The van der Waals surface area contributed by atoms with Crippen molar-refractivity contribution in [1.29, 1.82) is 0 Å². The number of alkyl halides is 3. The minimum absolute atomic E-state index is 0.126. The van der Waals surface area contributed by atoms with Gasteiger partial charge in [-0.25, -0.2) is 17.8 Å². The molecule has 0 amide bonds. The quantitative estimate of drug-likeness (QED) is 0.677. The third-order valence-electron chi connectivity index (χ3n) is 4.38. The zero-order valence-electron chi connectivity index (χ0n) is 15.1. The highest BCUT2D eigenvalue weighted by atomic mass is 32.2. The van der Waals surface area contributed by atoms with Gasteiger partial charge in [-0.2, -0.15) is 13.2 Å². The van der Waals surface area contributed by atoms with Crippen LogP contribution in [-0.4, -0.2) is 36.4 Å². The lowest BCUT2D eigenvalue weighted by atomic mass is 10.0. The summed E-state index contributed by atoms with van der Waals surface area (Å²) >= 11 is 0. The summed E-state index contributed by atoms with van der Waals surface area (Å²) in [5, 5.41) is 0. The van der Waals surface area contributed by atoms with Crippen molar-refractivity contribution in [1.82, 2.24) is 9.88 Å². The van der Waals surface area contributed by atoms with Gasteiger partial charge in [0.2, 0.25) is 5.88 Å². The minimum atomic E-state index is -4.59. The molecule has 0 spiro atoms. The van der Waals surface area contributed by atoms with Gasteiger partial charge in [0.05, 0.1) is 11.3 Å². The van der Waals surface area contributed by atoms with Gasteiger partial charge in [0, 0.05) is 30.6 Å². The molecule has 4 rings (SSSR count). The Hall–Kier alpha value is -3.21. The Morgan fingerprint density at radius 2 is 1.93 bits per heavy atom. The van der Waals surface area contributed by atoms with E-state index < -0.39 is 33.5 Å². The summed E-state index contributed by atoms with van der Waals surface area (Å²) in [6.45, 7) is 0.222. The molecule has 0 saturated heterocycles. The number of hydrogen-bond donors (Lipinski definition) is 0. The fraction of sp³-hybridized carbons (Fsp3) is 0.158. The molecule has 0 unspecified atom stereocenters. The van der Waals surface area contributed by atoms with E-state index in [1.807, 2.05) is 0 Å². The van der Waals surface area contributed by atoms with Crippen molar-refractivity contribution in [2.45, 2.75) is 6.18 Å². The summed E-state index contributed by atoms with van der Waals surface area (Å²) in [5.41, 5.74) is -0.245. The first kappa shape index (κ1) is 20.1. The van der Waals surface area contributed by atoms with Gasteiger partial charge in [-0.1, -0.05) is 6.07 Å². The molecule has 0 bridgehead atoms. The van der Waals surface area contributed by atoms with Crippen LogP contribution in [0.15, 0.2) is 59.3 Å². The van der Waals surface area contributed by atoms with Gasteiger partial charge in [0.25, 0.3) is 10.0 Å². The van der Waals surface area contributed by atoms with Crippen LogP contribution in [0.2, 0.25) is 0 Å². The van der Waals surface area contributed by atoms with Crippen molar-refractivity contribution in [3.8, 4) is 11.6 Å². The summed E-state index contributed by atoms with van der Waals surface area (Å²) in [7, 11) is -3.62. The number of rotatable bonds is 3. The second-order valence-electron chi connectivity index (χ2n) is 6.44. The average Bonchev–Trinajstić information content (AvgIpc) is 2.68. The second-order valence-corrected chi connectivity index (χ2v) is 8.20. The molecule has 2 aromatic rings. The SMILES string of the molecule is O=S1(=O)CCN2C=CC=C(c3ccc(Oc4cc(C(F)(F)F)ccn4)c(F)c3)C2=N1. The van der Waals surface area contributed by atoms with E-state index >= 15 is 0 Å². The van der Waals surface area contributed by atoms with Crippen LogP contribution < -0.4 is 4.74 Å². The Bertz CT molecular complexity index is 1200. The Balaban J connectivity index is 1.64. The topological polar surface area (TPSA) is 71.9 Å². The molecule has 0 radical (unpaired) electrons. The molecule has 11 heteroatoms. The molecule has 0 fully saturated rings. The number of fused-ring (bicyclic) bond motifs is 1. The number of aromatic nitrogens is 1. The van der Waals surface area contributed by atoms with Crippen molar-refractivity contribution in [3.05, 3.63) is 71.8 Å². The van der Waals surface area contributed by atoms with Crippen LogP contribution in [0.4, 0.5) is 17.6 Å². The van der Waals surface area contributed by atoms with Gasteiger partial charge in [0.15, 0.2) is 17.4 Å².